The van der Waals surface area contributed by atoms with Crippen LogP contribution in [0.2, 0.25) is 5.02 Å². The summed E-state index contributed by atoms with van der Waals surface area (Å²) in [5.74, 6) is -1.66. The van der Waals surface area contributed by atoms with Crippen LogP contribution < -0.4 is 4.57 Å². The van der Waals surface area contributed by atoms with E-state index in [-0.39, 0.29) is 23.6 Å². The third kappa shape index (κ3) is 5.05. The predicted octanol–water partition coefficient (Wildman–Crippen LogP) is 4.44. The third-order valence-corrected chi connectivity index (χ3v) is 8.54. The number of nitrogens with zero attached hydrogens (tertiary/aromatic N) is 1. The zero-order valence-electron chi connectivity index (χ0n) is 19.8. The molecule has 0 amide bonds. The number of halogens is 1. The van der Waals surface area contributed by atoms with Gasteiger partial charge in [-0.15, -0.1) is 0 Å². The van der Waals surface area contributed by atoms with Gasteiger partial charge < -0.3 is 5.11 Å². The molecule has 0 saturated heterocycles. The maximum Gasteiger partial charge on any atom is 0.337 e. The van der Waals surface area contributed by atoms with Crippen molar-refractivity contribution in [3.8, 4) is 11.1 Å². The first-order chi connectivity index (χ1) is 17.2. The summed E-state index contributed by atoms with van der Waals surface area (Å²) >= 11 is 6.35. The Labute approximate surface area is 218 Å². The molecule has 0 radical (unpaired) electrons. The van der Waals surface area contributed by atoms with Crippen LogP contribution in [0.25, 0.3) is 32.9 Å². The molecule has 1 heterocycles. The Morgan fingerprint density at radius 1 is 0.973 bits per heavy atom. The molecule has 0 atom stereocenters. The number of aromatic nitrogens is 1. The molecule has 0 unspecified atom stereocenters. The highest BCUT2D eigenvalue weighted by Crippen LogP contribution is 2.41. The molecule has 0 aliphatic rings. The molecule has 0 spiro atoms. The number of aromatic carboxylic acids is 1. The molecule has 37 heavy (non-hydrogen) atoms. The molecule has 194 valence electrons. The minimum Gasteiger partial charge on any atom is -0.478 e. The van der Waals surface area contributed by atoms with Crippen LogP contribution in [0.15, 0.2) is 53.4 Å². The molecular weight excluding hydrogens is 542 g/mol. The number of benzene rings is 3. The van der Waals surface area contributed by atoms with Crippen LogP contribution >= 0.6 is 11.6 Å². The molecule has 12 heteroatoms. The number of carboxylic acids is 1. The van der Waals surface area contributed by atoms with E-state index in [1.54, 1.807) is 60.9 Å². The van der Waals surface area contributed by atoms with Gasteiger partial charge in [0.25, 0.3) is 20.2 Å². The Morgan fingerprint density at radius 2 is 1.62 bits per heavy atom. The fourth-order valence-electron chi connectivity index (χ4n) is 4.81. The van der Waals surface area contributed by atoms with E-state index in [9.17, 15) is 35.8 Å². The molecule has 4 rings (SSSR count). The van der Waals surface area contributed by atoms with E-state index in [0.29, 0.717) is 44.1 Å². The van der Waals surface area contributed by atoms with E-state index in [0.717, 1.165) is 0 Å². The van der Waals surface area contributed by atoms with E-state index in [1.165, 1.54) is 6.07 Å². The lowest BCUT2D eigenvalue weighted by Crippen LogP contribution is -2.37. The highest BCUT2D eigenvalue weighted by molar-refractivity contribution is 7.86. The van der Waals surface area contributed by atoms with Gasteiger partial charge in [0.05, 0.1) is 27.1 Å². The van der Waals surface area contributed by atoms with Crippen LogP contribution in [0.5, 0.6) is 0 Å². The molecule has 9 nitrogen and oxygen atoms in total. The Balaban J connectivity index is 2.15. The minimum atomic E-state index is -4.60. The smallest absolute Gasteiger partial charge is 0.337 e. The molecule has 3 aromatic carbocycles. The van der Waals surface area contributed by atoms with Crippen molar-refractivity contribution in [2.45, 2.75) is 31.7 Å². The number of aryl methyl sites for hydroxylation is 2. The lowest BCUT2D eigenvalue weighted by Gasteiger charge is -2.18. The van der Waals surface area contributed by atoms with Gasteiger partial charge in [-0.3, -0.25) is 9.11 Å². The average molecular weight is 565 g/mol. The lowest BCUT2D eigenvalue weighted by atomic mass is 9.89. The molecule has 0 saturated carbocycles. The van der Waals surface area contributed by atoms with Crippen LogP contribution in [-0.2, 0) is 26.8 Å². The Bertz CT molecular complexity index is 1820. The van der Waals surface area contributed by atoms with Crippen LogP contribution in [0.4, 0.5) is 0 Å². The zero-order chi connectivity index (χ0) is 27.3. The maximum absolute atomic E-state index is 12.6. The largest absolute Gasteiger partial charge is 0.478 e. The maximum atomic E-state index is 12.6. The van der Waals surface area contributed by atoms with Crippen LogP contribution in [0.1, 0.15) is 27.9 Å². The summed E-state index contributed by atoms with van der Waals surface area (Å²) in [6, 6.07) is 13.2. The van der Waals surface area contributed by atoms with Gasteiger partial charge in [0.1, 0.15) is 4.90 Å². The Hall–Kier alpha value is -3.09. The van der Waals surface area contributed by atoms with Crippen molar-refractivity contribution >= 4 is 59.6 Å². The topological polar surface area (TPSA) is 150 Å². The second kappa shape index (κ2) is 9.66. The summed E-state index contributed by atoms with van der Waals surface area (Å²) in [5, 5.41) is 10.9. The normalized spacial score (nSPS) is 12.4. The molecular formula is C25H23ClNO8S2+. The summed E-state index contributed by atoms with van der Waals surface area (Å²) in [5.41, 5.74) is 2.84. The fraction of sp³-hybridized carbons (Fsp3) is 0.200. The summed E-state index contributed by atoms with van der Waals surface area (Å²) in [6.45, 7) is 3.38. The van der Waals surface area contributed by atoms with Crippen molar-refractivity contribution in [2.75, 3.05) is 5.75 Å². The number of rotatable bonds is 7. The third-order valence-electron chi connectivity index (χ3n) is 6.26. The second-order valence-electron chi connectivity index (χ2n) is 8.67. The fourth-order valence-corrected chi connectivity index (χ4v) is 6.45. The molecule has 3 N–H and O–H groups in total. The Morgan fingerprint density at radius 3 is 2.24 bits per heavy atom. The van der Waals surface area contributed by atoms with Crippen molar-refractivity contribution in [1.82, 2.24) is 0 Å². The van der Waals surface area contributed by atoms with Gasteiger partial charge in [-0.2, -0.15) is 21.4 Å². The van der Waals surface area contributed by atoms with E-state index in [4.69, 9.17) is 11.6 Å². The van der Waals surface area contributed by atoms with Crippen molar-refractivity contribution in [3.05, 3.63) is 70.2 Å². The quantitative estimate of drug-likeness (QED) is 0.169. The second-order valence-corrected chi connectivity index (χ2v) is 12.0. The van der Waals surface area contributed by atoms with Crippen molar-refractivity contribution in [2.24, 2.45) is 0 Å². The number of pyridine rings is 1. The highest BCUT2D eigenvalue weighted by Gasteiger charge is 2.29. The molecule has 0 aliphatic heterocycles. The number of carboxylic acid groups (broad SMARTS) is 1. The monoisotopic (exact) mass is 564 g/mol. The number of hydrogen-bond acceptors (Lipinski definition) is 5. The number of fused-ring (bicyclic) bond motifs is 2. The molecule has 0 bridgehead atoms. The van der Waals surface area contributed by atoms with Gasteiger partial charge >= 0.3 is 5.97 Å². The average Bonchev–Trinajstić information content (AvgIpc) is 2.79. The van der Waals surface area contributed by atoms with Crippen molar-refractivity contribution < 1.29 is 40.4 Å². The van der Waals surface area contributed by atoms with Gasteiger partial charge in [-0.1, -0.05) is 35.9 Å². The highest BCUT2D eigenvalue weighted by atomic mass is 35.5. The number of hydrogen-bond donors (Lipinski definition) is 3. The standard InChI is InChI=1S/C25H22ClNO8S2/c1-14-13-20(37(33,34)35)24(26)15(2)21(14)17-8-5-10-19-22(17)23(25(28)29)16-7-3-4-9-18(16)27(19)11-6-12-36(30,31)32/h3-5,7-10,13H,6,11-12H2,1-2H3,(H2-,28,29,30,31,32,33,34,35)/p+1. The summed E-state index contributed by atoms with van der Waals surface area (Å²) < 4.78 is 67.0. The van der Waals surface area contributed by atoms with Crippen LogP contribution in [-0.4, -0.2) is 42.8 Å². The zero-order valence-corrected chi connectivity index (χ0v) is 22.2. The molecule has 0 fully saturated rings. The van der Waals surface area contributed by atoms with E-state index >= 15 is 0 Å². The first kappa shape index (κ1) is 27.0. The predicted molar refractivity (Wildman–Crippen MR) is 139 cm³/mol. The number of para-hydroxylation sites is 1. The van der Waals surface area contributed by atoms with Crippen LogP contribution in [0, 0.1) is 13.8 Å². The summed E-state index contributed by atoms with van der Waals surface area (Å²) in [4.78, 5) is 12.2. The first-order valence-corrected chi connectivity index (χ1v) is 14.5. The van der Waals surface area contributed by atoms with Gasteiger partial charge in [-0.05, 0) is 48.2 Å². The van der Waals surface area contributed by atoms with E-state index in [1.807, 2.05) is 0 Å². The van der Waals surface area contributed by atoms with Crippen molar-refractivity contribution in [3.63, 3.8) is 0 Å². The van der Waals surface area contributed by atoms with Gasteiger partial charge in [0.15, 0.2) is 6.54 Å². The molecule has 0 aliphatic carbocycles. The SMILES string of the molecule is Cc1cc(S(=O)(=O)O)c(Cl)c(C)c1-c1cccc2c1c(C(=O)O)c1ccccc1[n+]2CCCS(=O)(=O)O. The minimum absolute atomic E-state index is 0.0148. The molecule has 4 aromatic rings. The lowest BCUT2D eigenvalue weighted by molar-refractivity contribution is -0.645. The Kier molecular flexibility index (Phi) is 7.04. The van der Waals surface area contributed by atoms with Gasteiger partial charge in [0.2, 0.25) is 11.0 Å². The van der Waals surface area contributed by atoms with Gasteiger partial charge in [0, 0.05) is 18.6 Å². The number of carbonyl (C=O) groups is 1. The van der Waals surface area contributed by atoms with Crippen LogP contribution in [0.3, 0.4) is 0 Å². The summed E-state index contributed by atoms with van der Waals surface area (Å²) in [7, 11) is -8.80. The summed E-state index contributed by atoms with van der Waals surface area (Å²) in [6.07, 6.45) is 0.0756. The molecule has 1 aromatic heterocycles. The first-order valence-electron chi connectivity index (χ1n) is 11.1. The van der Waals surface area contributed by atoms with Crippen molar-refractivity contribution in [1.29, 1.82) is 0 Å². The van der Waals surface area contributed by atoms with E-state index in [2.05, 4.69) is 0 Å². The van der Waals surface area contributed by atoms with Gasteiger partial charge in [-0.25, -0.2) is 4.79 Å². The van der Waals surface area contributed by atoms with E-state index < -0.39 is 36.9 Å².